The van der Waals surface area contributed by atoms with Crippen LogP contribution in [0.2, 0.25) is 0 Å². The topological polar surface area (TPSA) is 20.2 Å². The second kappa shape index (κ2) is 5.63. The van der Waals surface area contributed by atoms with Gasteiger partial charge < -0.3 is 5.11 Å². The van der Waals surface area contributed by atoms with Crippen LogP contribution in [0.1, 0.15) is 0 Å². The molecule has 0 aromatic carbocycles. The molecular formula is C8HF17O. The molecule has 0 spiro atoms. The maximum atomic E-state index is 12.8. The largest absolute Gasteiger partial charge is 0.460 e. The van der Waals surface area contributed by atoms with E-state index in [-0.39, 0.29) is 0 Å². The van der Waals surface area contributed by atoms with Crippen LogP contribution in [0.5, 0.6) is 0 Å². The normalized spacial score (nSPS) is 16.8. The van der Waals surface area contributed by atoms with E-state index in [0.29, 0.717) is 0 Å². The van der Waals surface area contributed by atoms with E-state index in [2.05, 4.69) is 0 Å². The fraction of sp³-hybridized carbons (Fsp3) is 1.00. The number of halogens is 17. The summed E-state index contributed by atoms with van der Waals surface area (Å²) in [5, 5.41) is 7.34. The Hall–Kier alpha value is -1.23. The molecule has 0 amide bonds. The molecule has 0 aliphatic rings. The first-order valence-corrected chi connectivity index (χ1v) is 5.19. The molecule has 0 aliphatic carbocycles. The minimum Gasteiger partial charge on any atom is -0.331 e. The molecule has 0 bridgehead atoms. The zero-order chi connectivity index (χ0) is 22.0. The van der Waals surface area contributed by atoms with E-state index >= 15 is 0 Å². The molecule has 0 saturated heterocycles. The van der Waals surface area contributed by atoms with Gasteiger partial charge in [0, 0.05) is 0 Å². The molecule has 0 rings (SSSR count). The van der Waals surface area contributed by atoms with Crippen LogP contribution >= 0.6 is 0 Å². The summed E-state index contributed by atoms with van der Waals surface area (Å²) in [6.45, 7) is 0. The van der Waals surface area contributed by atoms with Gasteiger partial charge in [-0.15, -0.1) is 0 Å². The standard InChI is InChI=1S/C8HF17O/c9-1(10,3(13,14)5(17,18)7(21,22)23)2(11,12)4(15,16)6(19,20)8(24,25)26/h26H. The Morgan fingerprint density at radius 3 is 0.692 bits per heavy atom. The number of rotatable bonds is 6. The molecule has 0 aromatic rings. The summed E-state index contributed by atoms with van der Waals surface area (Å²) in [6, 6.07) is 0. The Labute approximate surface area is 129 Å². The summed E-state index contributed by atoms with van der Waals surface area (Å²) < 4.78 is 210. The van der Waals surface area contributed by atoms with Gasteiger partial charge in [0.15, 0.2) is 0 Å². The van der Waals surface area contributed by atoms with Crippen LogP contribution < -0.4 is 0 Å². The zero-order valence-electron chi connectivity index (χ0n) is 10.9. The lowest BCUT2D eigenvalue weighted by molar-refractivity contribution is -0.474. The SMILES string of the molecule is OC(F)(F)C(F)(F)C(F)(F)C(F)(F)C(F)(F)C(F)(F)C(F)(F)C(F)(F)F. The van der Waals surface area contributed by atoms with E-state index in [4.69, 9.17) is 5.11 Å². The molecule has 0 aromatic heterocycles. The first-order chi connectivity index (χ1) is 10.8. The van der Waals surface area contributed by atoms with Gasteiger partial charge >= 0.3 is 47.8 Å². The van der Waals surface area contributed by atoms with Gasteiger partial charge in [-0.05, 0) is 0 Å². The highest BCUT2D eigenvalue weighted by atomic mass is 19.4. The highest BCUT2D eigenvalue weighted by molar-refractivity contribution is 5.14. The van der Waals surface area contributed by atoms with Crippen molar-refractivity contribution < 1.29 is 79.7 Å². The fourth-order valence-electron chi connectivity index (χ4n) is 1.16. The molecule has 0 aliphatic heterocycles. The van der Waals surface area contributed by atoms with Gasteiger partial charge in [-0.1, -0.05) is 0 Å². The smallest absolute Gasteiger partial charge is 0.331 e. The molecule has 0 unspecified atom stereocenters. The third-order valence-corrected chi connectivity index (χ3v) is 2.71. The maximum Gasteiger partial charge on any atom is 0.460 e. The highest BCUT2D eigenvalue weighted by Gasteiger charge is 2.95. The van der Waals surface area contributed by atoms with Gasteiger partial charge in [0.25, 0.3) is 0 Å². The van der Waals surface area contributed by atoms with Crippen molar-refractivity contribution in [1.82, 2.24) is 0 Å². The molecule has 0 radical (unpaired) electrons. The summed E-state index contributed by atoms with van der Waals surface area (Å²) in [5.74, 6) is -50.5. The maximum absolute atomic E-state index is 12.8. The molecule has 0 heterocycles. The van der Waals surface area contributed by atoms with Crippen LogP contribution in [-0.2, 0) is 0 Å². The first kappa shape index (κ1) is 24.8. The average Bonchev–Trinajstić information content (AvgIpc) is 2.34. The van der Waals surface area contributed by atoms with Gasteiger partial charge in [0.1, 0.15) is 0 Å². The summed E-state index contributed by atoms with van der Waals surface area (Å²) in [7, 11) is 0. The second-order valence-corrected chi connectivity index (χ2v) is 4.49. The van der Waals surface area contributed by atoms with Crippen LogP contribution in [0, 0.1) is 0 Å². The van der Waals surface area contributed by atoms with Crippen molar-refractivity contribution in [2.24, 2.45) is 0 Å². The first-order valence-electron chi connectivity index (χ1n) is 5.19. The van der Waals surface area contributed by atoms with Gasteiger partial charge in [-0.25, -0.2) is 0 Å². The van der Waals surface area contributed by atoms with E-state index in [1.807, 2.05) is 0 Å². The third kappa shape index (κ3) is 2.83. The fourth-order valence-corrected chi connectivity index (χ4v) is 1.16. The Bertz CT molecular complexity index is 474. The lowest BCUT2D eigenvalue weighted by Gasteiger charge is -2.41. The van der Waals surface area contributed by atoms with E-state index in [9.17, 15) is 74.6 Å². The average molecular weight is 436 g/mol. The van der Waals surface area contributed by atoms with E-state index in [1.54, 1.807) is 0 Å². The number of hydrogen-bond acceptors (Lipinski definition) is 1. The van der Waals surface area contributed by atoms with Gasteiger partial charge in [-0.2, -0.15) is 74.6 Å². The Morgan fingerprint density at radius 2 is 0.500 bits per heavy atom. The molecule has 0 fully saturated rings. The molecule has 158 valence electrons. The lowest BCUT2D eigenvalue weighted by Crippen LogP contribution is -2.74. The monoisotopic (exact) mass is 436 g/mol. The second-order valence-electron chi connectivity index (χ2n) is 4.49. The van der Waals surface area contributed by atoms with Crippen molar-refractivity contribution >= 4 is 0 Å². The minimum atomic E-state index is -8.67. The summed E-state index contributed by atoms with van der Waals surface area (Å²) >= 11 is 0. The number of hydrogen-bond donors (Lipinski definition) is 1. The molecule has 18 heteroatoms. The van der Waals surface area contributed by atoms with Crippen molar-refractivity contribution in [3.05, 3.63) is 0 Å². The van der Waals surface area contributed by atoms with Crippen molar-refractivity contribution in [2.45, 2.75) is 47.8 Å². The van der Waals surface area contributed by atoms with Crippen LogP contribution in [0.15, 0.2) is 0 Å². The van der Waals surface area contributed by atoms with E-state index < -0.39 is 47.8 Å². The van der Waals surface area contributed by atoms with E-state index in [1.165, 1.54) is 0 Å². The predicted molar refractivity (Wildman–Crippen MR) is 42.9 cm³/mol. The summed E-state index contributed by atoms with van der Waals surface area (Å²) in [6.07, 6.45) is -15.1. The van der Waals surface area contributed by atoms with Crippen molar-refractivity contribution in [3.8, 4) is 0 Å². The van der Waals surface area contributed by atoms with Gasteiger partial charge in [0.05, 0.1) is 0 Å². The van der Waals surface area contributed by atoms with Gasteiger partial charge in [-0.3, -0.25) is 0 Å². The summed E-state index contributed by atoms with van der Waals surface area (Å²) in [4.78, 5) is 0. The van der Waals surface area contributed by atoms with Crippen LogP contribution in [0.4, 0.5) is 74.6 Å². The highest BCUT2D eigenvalue weighted by Crippen LogP contribution is 2.63. The zero-order valence-corrected chi connectivity index (χ0v) is 10.9. The third-order valence-electron chi connectivity index (χ3n) is 2.71. The molecule has 26 heavy (non-hydrogen) atoms. The van der Waals surface area contributed by atoms with E-state index in [0.717, 1.165) is 0 Å². The molecular weight excluding hydrogens is 435 g/mol. The van der Waals surface area contributed by atoms with Crippen LogP contribution in [0.3, 0.4) is 0 Å². The summed E-state index contributed by atoms with van der Waals surface area (Å²) in [5.41, 5.74) is 0. The number of alkyl halides is 17. The number of aliphatic hydroxyl groups is 1. The molecule has 1 nitrogen and oxygen atoms in total. The Kier molecular flexibility index (Phi) is 5.37. The lowest BCUT2D eigenvalue weighted by atomic mass is 9.91. The molecule has 0 saturated carbocycles. The minimum absolute atomic E-state index is 7.31. The molecule has 1 N–H and O–H groups in total. The predicted octanol–water partition coefficient (Wildman–Crippen LogP) is 4.95. The van der Waals surface area contributed by atoms with Crippen molar-refractivity contribution in [1.29, 1.82) is 0 Å². The van der Waals surface area contributed by atoms with Gasteiger partial charge in [0.2, 0.25) is 0 Å². The van der Waals surface area contributed by atoms with Crippen molar-refractivity contribution in [3.63, 3.8) is 0 Å². The van der Waals surface area contributed by atoms with Crippen LogP contribution in [0.25, 0.3) is 0 Å². The quantitative estimate of drug-likeness (QED) is 0.585. The Morgan fingerprint density at radius 1 is 0.308 bits per heavy atom. The Balaban J connectivity index is 6.61. The van der Waals surface area contributed by atoms with Crippen molar-refractivity contribution in [2.75, 3.05) is 0 Å². The molecule has 0 atom stereocenters. The van der Waals surface area contributed by atoms with Crippen LogP contribution in [-0.4, -0.2) is 52.9 Å².